The number of nitrogens with zero attached hydrogens (tertiary/aromatic N) is 3. The number of carbonyl (C=O) groups excluding carboxylic acids is 2. The molecule has 0 N–H and O–H groups in total. The summed E-state index contributed by atoms with van der Waals surface area (Å²) in [5, 5.41) is 0. The number of halogens is 1. The Morgan fingerprint density at radius 1 is 1.00 bits per heavy atom. The summed E-state index contributed by atoms with van der Waals surface area (Å²) in [7, 11) is 1.56. The molecule has 0 unspecified atom stereocenters. The van der Waals surface area contributed by atoms with Crippen molar-refractivity contribution in [2.75, 3.05) is 7.11 Å². The Bertz CT molecular complexity index is 1770. The molecule has 0 saturated heterocycles. The highest BCUT2D eigenvalue weighted by Gasteiger charge is 2.54. The van der Waals surface area contributed by atoms with Gasteiger partial charge in [-0.05, 0) is 49.6 Å². The zero-order valence-corrected chi connectivity index (χ0v) is 23.5. The van der Waals surface area contributed by atoms with Crippen LogP contribution in [-0.4, -0.2) is 33.2 Å². The van der Waals surface area contributed by atoms with E-state index in [1.54, 1.807) is 37.8 Å². The van der Waals surface area contributed by atoms with E-state index in [9.17, 15) is 9.59 Å². The van der Waals surface area contributed by atoms with Gasteiger partial charge in [0, 0.05) is 43.4 Å². The maximum absolute atomic E-state index is 15.2. The molecule has 0 amide bonds. The monoisotopic (exact) mass is 569 g/mol. The number of methoxy groups -OCH3 is 1. The Morgan fingerprint density at radius 3 is 2.54 bits per heavy atom. The lowest BCUT2D eigenvalue weighted by Crippen LogP contribution is -2.29. The van der Waals surface area contributed by atoms with E-state index >= 15 is 4.39 Å². The lowest BCUT2D eigenvalue weighted by molar-refractivity contribution is -0.133. The van der Waals surface area contributed by atoms with Crippen LogP contribution in [0.15, 0.2) is 73.3 Å². The first-order chi connectivity index (χ1) is 19.9. The predicted molar refractivity (Wildman–Crippen MR) is 155 cm³/mol. The Balaban J connectivity index is 1.16. The van der Waals surface area contributed by atoms with Gasteiger partial charge in [-0.2, -0.15) is 0 Å². The summed E-state index contributed by atoms with van der Waals surface area (Å²) in [5.41, 5.74) is 1.84. The summed E-state index contributed by atoms with van der Waals surface area (Å²) < 4.78 is 29.3. The van der Waals surface area contributed by atoms with E-state index in [0.29, 0.717) is 29.9 Å². The van der Waals surface area contributed by atoms with E-state index in [2.05, 4.69) is 9.97 Å². The Hall–Kier alpha value is -4.37. The summed E-state index contributed by atoms with van der Waals surface area (Å²) in [6.07, 6.45) is 6.53. The number of pyridine rings is 1. The van der Waals surface area contributed by atoms with Crippen molar-refractivity contribution >= 4 is 33.1 Å². The van der Waals surface area contributed by atoms with Gasteiger partial charge in [-0.1, -0.05) is 24.3 Å². The smallest absolute Gasteiger partial charge is 0.166 e. The number of imidazole rings is 1. The topological polar surface area (TPSA) is 83.3 Å². The van der Waals surface area contributed by atoms with E-state index in [4.69, 9.17) is 9.47 Å². The minimum absolute atomic E-state index is 0.0208. The van der Waals surface area contributed by atoms with Crippen LogP contribution in [0.1, 0.15) is 30.9 Å². The molecule has 0 radical (unpaired) electrons. The second kappa shape index (κ2) is 10.9. The Kier molecular flexibility index (Phi) is 7.13. The van der Waals surface area contributed by atoms with Crippen molar-refractivity contribution in [2.24, 2.45) is 5.41 Å². The molecule has 0 aliphatic heterocycles. The normalized spacial score (nSPS) is 13.7. The highest BCUT2D eigenvalue weighted by atomic mass is 32.1. The fourth-order valence-electron chi connectivity index (χ4n) is 5.02. The minimum Gasteiger partial charge on any atom is -0.496 e. The van der Waals surface area contributed by atoms with E-state index in [1.165, 1.54) is 23.5 Å². The third-order valence-electron chi connectivity index (χ3n) is 7.57. The van der Waals surface area contributed by atoms with E-state index in [0.717, 1.165) is 32.9 Å². The summed E-state index contributed by atoms with van der Waals surface area (Å²) in [6.45, 7) is 2.87. The number of hydrogen-bond acceptors (Lipinski definition) is 7. The number of para-hydroxylation sites is 1. The van der Waals surface area contributed by atoms with Crippen LogP contribution in [0.4, 0.5) is 4.39 Å². The van der Waals surface area contributed by atoms with Crippen molar-refractivity contribution in [2.45, 2.75) is 39.2 Å². The van der Waals surface area contributed by atoms with E-state index in [1.807, 2.05) is 42.0 Å². The molecule has 6 rings (SSSR count). The van der Waals surface area contributed by atoms with Gasteiger partial charge in [0.1, 0.15) is 11.5 Å². The first kappa shape index (κ1) is 26.8. The molecule has 0 bridgehead atoms. The number of thiophene rings is 1. The third-order valence-corrected chi connectivity index (χ3v) is 8.73. The Labute approximate surface area is 240 Å². The summed E-state index contributed by atoms with van der Waals surface area (Å²) >= 11 is 1.48. The number of ketones is 2. The van der Waals surface area contributed by atoms with Crippen LogP contribution < -0.4 is 9.47 Å². The van der Waals surface area contributed by atoms with Gasteiger partial charge < -0.3 is 14.0 Å². The molecular weight excluding hydrogens is 541 g/mol. The van der Waals surface area contributed by atoms with Gasteiger partial charge in [0.2, 0.25) is 0 Å². The van der Waals surface area contributed by atoms with Gasteiger partial charge in [-0.15, -0.1) is 11.3 Å². The van der Waals surface area contributed by atoms with Gasteiger partial charge >= 0.3 is 0 Å². The van der Waals surface area contributed by atoms with Crippen molar-refractivity contribution in [1.29, 1.82) is 0 Å². The molecule has 7 nitrogen and oxygen atoms in total. The number of carbonyl (C=O) groups is 2. The first-order valence-corrected chi connectivity index (χ1v) is 14.3. The highest BCUT2D eigenvalue weighted by molar-refractivity contribution is 7.22. The lowest BCUT2D eigenvalue weighted by atomic mass is 9.87. The lowest BCUT2D eigenvalue weighted by Gasteiger charge is -2.15. The second-order valence-electron chi connectivity index (χ2n) is 10.2. The average Bonchev–Trinajstić information content (AvgIpc) is 3.45. The number of aromatic nitrogens is 3. The number of rotatable bonds is 11. The maximum atomic E-state index is 15.2. The minimum atomic E-state index is -1.00. The molecule has 3 heterocycles. The molecule has 0 atom stereocenters. The van der Waals surface area contributed by atoms with Crippen molar-refractivity contribution < 1.29 is 23.5 Å². The van der Waals surface area contributed by atoms with Crippen LogP contribution in [0.25, 0.3) is 20.8 Å². The van der Waals surface area contributed by atoms with Gasteiger partial charge in [0.05, 0.1) is 39.6 Å². The number of ether oxygens (including phenoxy) is 2. The largest absolute Gasteiger partial charge is 0.496 e. The molecule has 0 spiro atoms. The fraction of sp³-hybridized carbons (Fsp3) is 0.250. The van der Waals surface area contributed by atoms with Crippen LogP contribution in [0, 0.1) is 11.2 Å². The number of Topliss-reactive ketones (excluding diaryl/α,β-unsaturated/α-hetero) is 2. The second-order valence-corrected chi connectivity index (χ2v) is 11.2. The number of hydrogen-bond donors (Lipinski definition) is 0. The molecule has 2 aromatic carbocycles. The van der Waals surface area contributed by atoms with Crippen LogP contribution in [-0.2, 0) is 29.0 Å². The molecule has 1 aliphatic carbocycles. The highest BCUT2D eigenvalue weighted by Crippen LogP contribution is 2.49. The van der Waals surface area contributed by atoms with Crippen molar-refractivity contribution in [3.63, 3.8) is 0 Å². The standard InChI is InChI=1S/C32H28FN3O4S/c1-3-36-18-24(35-19-36)28-17-23-31(41-28)27(10-13-34-23)40-26-9-8-20(14-22(26)33)15-29(37)32(11-12-32)30(38)16-21-6-4-5-7-25(21)39-2/h4-10,13-14,17-19H,3,11-12,15-16H2,1-2H3. The first-order valence-electron chi connectivity index (χ1n) is 13.5. The molecule has 5 aromatic rings. The summed E-state index contributed by atoms with van der Waals surface area (Å²) in [6, 6.07) is 15.5. The zero-order chi connectivity index (χ0) is 28.6. The molecule has 9 heteroatoms. The molecule has 1 aliphatic rings. The Morgan fingerprint density at radius 2 is 1.80 bits per heavy atom. The average molecular weight is 570 g/mol. The van der Waals surface area contributed by atoms with Gasteiger partial charge in [-0.25, -0.2) is 9.37 Å². The number of benzene rings is 2. The summed E-state index contributed by atoms with van der Waals surface area (Å²) in [5.74, 6) is 0.280. The maximum Gasteiger partial charge on any atom is 0.166 e. The van der Waals surface area contributed by atoms with Crippen LogP contribution in [0.5, 0.6) is 17.2 Å². The predicted octanol–water partition coefficient (Wildman–Crippen LogP) is 6.82. The zero-order valence-electron chi connectivity index (χ0n) is 22.7. The van der Waals surface area contributed by atoms with Gasteiger partial charge in [0.25, 0.3) is 0 Å². The van der Waals surface area contributed by atoms with Crippen LogP contribution >= 0.6 is 11.3 Å². The van der Waals surface area contributed by atoms with Crippen LogP contribution in [0.2, 0.25) is 0 Å². The molecule has 3 aromatic heterocycles. The van der Waals surface area contributed by atoms with Crippen molar-refractivity contribution in [3.8, 4) is 27.8 Å². The van der Waals surface area contributed by atoms with E-state index in [-0.39, 0.29) is 30.2 Å². The third kappa shape index (κ3) is 5.25. The molecular formula is C32H28FN3O4S. The molecule has 208 valence electrons. The molecule has 1 fully saturated rings. The van der Waals surface area contributed by atoms with Gasteiger partial charge in [0.15, 0.2) is 23.1 Å². The quantitative estimate of drug-likeness (QED) is 0.162. The summed E-state index contributed by atoms with van der Waals surface area (Å²) in [4.78, 5) is 36.2. The number of aryl methyl sites for hydroxylation is 1. The SMILES string of the molecule is CCn1cnc(-c2cc3nccc(Oc4ccc(CC(=O)C5(C(=O)Cc6ccccc6OC)CC5)cc4F)c3s2)c1. The van der Waals surface area contributed by atoms with Crippen molar-refractivity contribution in [3.05, 3.63) is 90.3 Å². The van der Waals surface area contributed by atoms with E-state index < -0.39 is 11.2 Å². The van der Waals surface area contributed by atoms with Crippen LogP contribution in [0.3, 0.4) is 0 Å². The molecule has 41 heavy (non-hydrogen) atoms. The fourth-order valence-corrected chi connectivity index (χ4v) is 6.05. The van der Waals surface area contributed by atoms with Gasteiger partial charge in [-0.3, -0.25) is 14.6 Å². The number of fused-ring (bicyclic) bond motifs is 1. The molecule has 1 saturated carbocycles. The van der Waals surface area contributed by atoms with Crippen molar-refractivity contribution in [1.82, 2.24) is 14.5 Å².